The summed E-state index contributed by atoms with van der Waals surface area (Å²) in [5, 5.41) is 9.10. The Morgan fingerprint density at radius 2 is 2.21 bits per heavy atom. The fourth-order valence-electron chi connectivity index (χ4n) is 1.99. The van der Waals surface area contributed by atoms with Gasteiger partial charge in [-0.2, -0.15) is 0 Å². The molecule has 0 saturated carbocycles. The lowest BCUT2D eigenvalue weighted by Gasteiger charge is -2.33. The fourth-order valence-corrected chi connectivity index (χ4v) is 1.99. The van der Waals surface area contributed by atoms with Gasteiger partial charge in [0.1, 0.15) is 0 Å². The Balaban J connectivity index is 2.26. The van der Waals surface area contributed by atoms with Gasteiger partial charge in [-0.1, -0.05) is 6.07 Å². The van der Waals surface area contributed by atoms with Crippen LogP contribution < -0.4 is 5.73 Å². The Kier molecular flexibility index (Phi) is 3.71. The van der Waals surface area contributed by atoms with Gasteiger partial charge in [0.2, 0.25) is 0 Å². The molecule has 1 unspecified atom stereocenters. The number of anilines is 1. The molecule has 1 atom stereocenters. The maximum Gasteiger partial charge on any atom is 0.328 e. The Morgan fingerprint density at radius 1 is 1.47 bits per heavy atom. The zero-order valence-electron chi connectivity index (χ0n) is 10.6. The maximum atomic E-state index is 12.3. The van der Waals surface area contributed by atoms with E-state index in [1.54, 1.807) is 18.2 Å². The van der Waals surface area contributed by atoms with Gasteiger partial charge in [0.25, 0.3) is 5.91 Å². The van der Waals surface area contributed by atoms with Crippen LogP contribution in [0.1, 0.15) is 15.9 Å². The van der Waals surface area contributed by atoms with Gasteiger partial charge in [-0.3, -0.25) is 4.79 Å². The molecule has 1 aromatic rings. The highest BCUT2D eigenvalue weighted by Crippen LogP contribution is 2.17. The summed E-state index contributed by atoms with van der Waals surface area (Å²) in [5.41, 5.74) is 7.57. The van der Waals surface area contributed by atoms with Crippen LogP contribution in [0.25, 0.3) is 0 Å². The summed E-state index contributed by atoms with van der Waals surface area (Å²) < 4.78 is 5.10. The second-order valence-corrected chi connectivity index (χ2v) is 4.50. The SMILES string of the molecule is Cc1ccc(C(=O)N2CCOCC2C(=O)O)cc1N. The van der Waals surface area contributed by atoms with Crippen molar-refractivity contribution in [2.45, 2.75) is 13.0 Å². The number of carboxylic acid groups (broad SMARTS) is 1. The molecule has 1 aliphatic heterocycles. The largest absolute Gasteiger partial charge is 0.480 e. The summed E-state index contributed by atoms with van der Waals surface area (Å²) in [6, 6.07) is 4.04. The minimum Gasteiger partial charge on any atom is -0.480 e. The first-order valence-electron chi connectivity index (χ1n) is 5.98. The quantitative estimate of drug-likeness (QED) is 0.759. The van der Waals surface area contributed by atoms with E-state index in [9.17, 15) is 9.59 Å². The van der Waals surface area contributed by atoms with E-state index in [-0.39, 0.29) is 19.1 Å². The molecule has 1 fully saturated rings. The van der Waals surface area contributed by atoms with Gasteiger partial charge in [-0.05, 0) is 24.6 Å². The van der Waals surface area contributed by atoms with Crippen LogP contribution in [0.4, 0.5) is 5.69 Å². The summed E-state index contributed by atoms with van der Waals surface area (Å²) in [5.74, 6) is -1.39. The molecule has 3 N–H and O–H groups in total. The molecule has 1 heterocycles. The smallest absolute Gasteiger partial charge is 0.328 e. The third-order valence-corrected chi connectivity index (χ3v) is 3.20. The zero-order valence-corrected chi connectivity index (χ0v) is 10.6. The third kappa shape index (κ3) is 2.68. The van der Waals surface area contributed by atoms with Crippen molar-refractivity contribution < 1.29 is 19.4 Å². The average Bonchev–Trinajstić information content (AvgIpc) is 2.41. The summed E-state index contributed by atoms with van der Waals surface area (Å²) in [6.45, 7) is 2.47. The molecule has 0 bridgehead atoms. The zero-order chi connectivity index (χ0) is 14.0. The number of carboxylic acids is 1. The van der Waals surface area contributed by atoms with E-state index in [0.717, 1.165) is 5.56 Å². The Morgan fingerprint density at radius 3 is 2.84 bits per heavy atom. The number of aliphatic carboxylic acids is 1. The number of nitrogens with two attached hydrogens (primary N) is 1. The van der Waals surface area contributed by atoms with E-state index < -0.39 is 12.0 Å². The van der Waals surface area contributed by atoms with E-state index in [0.29, 0.717) is 17.9 Å². The molecule has 0 spiro atoms. The monoisotopic (exact) mass is 264 g/mol. The number of hydrogen-bond donors (Lipinski definition) is 2. The number of amides is 1. The molecule has 0 aliphatic carbocycles. The molecule has 1 aromatic carbocycles. The Bertz CT molecular complexity index is 515. The van der Waals surface area contributed by atoms with Crippen LogP contribution in [-0.4, -0.2) is 47.7 Å². The summed E-state index contributed by atoms with van der Waals surface area (Å²) in [4.78, 5) is 24.8. The van der Waals surface area contributed by atoms with Crippen LogP contribution in [0, 0.1) is 6.92 Å². The third-order valence-electron chi connectivity index (χ3n) is 3.20. The Hall–Kier alpha value is -2.08. The molecule has 0 radical (unpaired) electrons. The predicted octanol–water partition coefficient (Wildman–Crippen LogP) is 0.503. The van der Waals surface area contributed by atoms with Gasteiger partial charge in [-0.25, -0.2) is 4.79 Å². The van der Waals surface area contributed by atoms with Crippen LogP contribution in [0.3, 0.4) is 0 Å². The van der Waals surface area contributed by atoms with Crippen molar-refractivity contribution in [3.63, 3.8) is 0 Å². The molecule has 1 amide bonds. The lowest BCUT2D eigenvalue weighted by molar-refractivity contribution is -0.147. The number of nitrogens with zero attached hydrogens (tertiary/aromatic N) is 1. The standard InChI is InChI=1S/C13H16N2O4/c1-8-2-3-9(6-10(8)14)12(16)15-4-5-19-7-11(15)13(17)18/h2-3,6,11H,4-5,7,14H2,1H3,(H,17,18). The van der Waals surface area contributed by atoms with E-state index >= 15 is 0 Å². The van der Waals surface area contributed by atoms with Crippen LogP contribution in [0.2, 0.25) is 0 Å². The molecular weight excluding hydrogens is 248 g/mol. The van der Waals surface area contributed by atoms with E-state index in [1.807, 2.05) is 6.92 Å². The number of carbonyl (C=O) groups is 2. The van der Waals surface area contributed by atoms with Crippen LogP contribution in [-0.2, 0) is 9.53 Å². The number of benzene rings is 1. The van der Waals surface area contributed by atoms with Crippen molar-refractivity contribution in [1.29, 1.82) is 0 Å². The number of rotatable bonds is 2. The molecule has 0 aromatic heterocycles. The molecule has 6 nitrogen and oxygen atoms in total. The van der Waals surface area contributed by atoms with Crippen molar-refractivity contribution in [2.75, 3.05) is 25.5 Å². The number of carbonyl (C=O) groups excluding carboxylic acids is 1. The minimum atomic E-state index is -1.06. The molecule has 102 valence electrons. The Labute approximate surface area is 110 Å². The van der Waals surface area contributed by atoms with Gasteiger partial charge in [0, 0.05) is 17.8 Å². The second kappa shape index (κ2) is 5.27. The van der Waals surface area contributed by atoms with Crippen molar-refractivity contribution in [3.8, 4) is 0 Å². The first-order valence-corrected chi connectivity index (χ1v) is 5.98. The van der Waals surface area contributed by atoms with E-state index in [2.05, 4.69) is 0 Å². The summed E-state index contributed by atoms with van der Waals surface area (Å²) >= 11 is 0. The highest BCUT2D eigenvalue weighted by Gasteiger charge is 2.33. The molecule has 1 aliphatic rings. The number of aryl methyl sites for hydroxylation is 1. The van der Waals surface area contributed by atoms with Crippen molar-refractivity contribution >= 4 is 17.6 Å². The highest BCUT2D eigenvalue weighted by atomic mass is 16.5. The predicted molar refractivity (Wildman–Crippen MR) is 68.9 cm³/mol. The summed E-state index contributed by atoms with van der Waals surface area (Å²) in [7, 11) is 0. The number of nitrogen functional groups attached to an aromatic ring is 1. The molecule has 2 rings (SSSR count). The number of morpholine rings is 1. The van der Waals surface area contributed by atoms with Crippen molar-refractivity contribution in [1.82, 2.24) is 4.90 Å². The molecule has 19 heavy (non-hydrogen) atoms. The number of ether oxygens (including phenoxy) is 1. The first kappa shape index (κ1) is 13.4. The van der Waals surface area contributed by atoms with Crippen molar-refractivity contribution in [3.05, 3.63) is 29.3 Å². The topological polar surface area (TPSA) is 92.9 Å². The summed E-state index contributed by atoms with van der Waals surface area (Å²) in [6.07, 6.45) is 0. The van der Waals surface area contributed by atoms with Gasteiger partial charge < -0.3 is 20.5 Å². The second-order valence-electron chi connectivity index (χ2n) is 4.50. The first-order chi connectivity index (χ1) is 9.00. The van der Waals surface area contributed by atoms with Gasteiger partial charge >= 0.3 is 5.97 Å². The van der Waals surface area contributed by atoms with E-state index in [4.69, 9.17) is 15.6 Å². The van der Waals surface area contributed by atoms with Crippen molar-refractivity contribution in [2.24, 2.45) is 0 Å². The maximum absolute atomic E-state index is 12.3. The van der Waals surface area contributed by atoms with Gasteiger partial charge in [-0.15, -0.1) is 0 Å². The lowest BCUT2D eigenvalue weighted by Crippen LogP contribution is -2.52. The van der Waals surface area contributed by atoms with Crippen LogP contribution in [0.15, 0.2) is 18.2 Å². The van der Waals surface area contributed by atoms with Gasteiger partial charge in [0.05, 0.1) is 13.2 Å². The average molecular weight is 264 g/mol. The highest BCUT2D eigenvalue weighted by molar-refractivity contribution is 5.97. The van der Waals surface area contributed by atoms with Crippen LogP contribution >= 0.6 is 0 Å². The minimum absolute atomic E-state index is 0.0163. The molecule has 1 saturated heterocycles. The number of hydrogen-bond acceptors (Lipinski definition) is 4. The van der Waals surface area contributed by atoms with E-state index in [1.165, 1.54) is 4.90 Å². The molecule has 6 heteroatoms. The normalized spacial score (nSPS) is 19.2. The lowest BCUT2D eigenvalue weighted by atomic mass is 10.1. The fraction of sp³-hybridized carbons (Fsp3) is 0.385. The van der Waals surface area contributed by atoms with Crippen LogP contribution in [0.5, 0.6) is 0 Å². The molecular formula is C13H16N2O4. The van der Waals surface area contributed by atoms with Gasteiger partial charge in [0.15, 0.2) is 6.04 Å².